The van der Waals surface area contributed by atoms with E-state index < -0.39 is 11.6 Å². The molecule has 3 N–H and O–H groups in total. The maximum atomic E-state index is 12.9. The lowest BCUT2D eigenvalue weighted by atomic mass is 9.96. The minimum Gasteiger partial charge on any atom is -0.466 e. The molecule has 1 heterocycles. The zero-order chi connectivity index (χ0) is 17.0. The Balaban J connectivity index is 1.85. The molecule has 0 aliphatic carbocycles. The van der Waals surface area contributed by atoms with Crippen LogP contribution < -0.4 is 10.6 Å². The van der Waals surface area contributed by atoms with E-state index in [-0.39, 0.29) is 12.4 Å². The fraction of sp³-hybridized carbons (Fsp3) is 0.353. The third-order valence-electron chi connectivity index (χ3n) is 3.64. The first-order valence-electron chi connectivity index (χ1n) is 7.34. The van der Waals surface area contributed by atoms with Gasteiger partial charge in [0.2, 0.25) is 0 Å². The molecule has 1 aromatic heterocycles. The van der Waals surface area contributed by atoms with Crippen LogP contribution in [0, 0.1) is 19.7 Å². The second-order valence-electron chi connectivity index (χ2n) is 5.76. The van der Waals surface area contributed by atoms with Crippen LogP contribution in [-0.4, -0.2) is 17.7 Å². The minimum atomic E-state index is -1.28. The monoisotopic (exact) mass is 320 g/mol. The van der Waals surface area contributed by atoms with Gasteiger partial charge in [0.15, 0.2) is 0 Å². The summed E-state index contributed by atoms with van der Waals surface area (Å²) < 4.78 is 18.3. The zero-order valence-electron chi connectivity index (χ0n) is 13.4. The molecule has 5 nitrogen and oxygen atoms in total. The molecular weight excluding hydrogens is 299 g/mol. The summed E-state index contributed by atoms with van der Waals surface area (Å²) in [6.45, 7) is 5.59. The van der Waals surface area contributed by atoms with Gasteiger partial charge >= 0.3 is 6.03 Å². The van der Waals surface area contributed by atoms with Crippen LogP contribution in [0.1, 0.15) is 29.6 Å². The molecule has 0 aliphatic rings. The Hall–Kier alpha value is -2.34. The highest BCUT2D eigenvalue weighted by Gasteiger charge is 2.23. The molecule has 0 radical (unpaired) electrons. The average Bonchev–Trinajstić information content (AvgIpc) is 2.81. The molecule has 1 aromatic carbocycles. The number of benzene rings is 1. The van der Waals surface area contributed by atoms with Crippen molar-refractivity contribution in [2.75, 3.05) is 6.54 Å². The van der Waals surface area contributed by atoms with E-state index in [1.54, 1.807) is 6.92 Å². The van der Waals surface area contributed by atoms with Crippen LogP contribution >= 0.6 is 0 Å². The van der Waals surface area contributed by atoms with Crippen molar-refractivity contribution in [3.8, 4) is 0 Å². The number of hydrogen-bond donors (Lipinski definition) is 3. The summed E-state index contributed by atoms with van der Waals surface area (Å²) in [6, 6.07) is 7.00. The van der Waals surface area contributed by atoms with Gasteiger partial charge in [0.1, 0.15) is 22.9 Å². The maximum absolute atomic E-state index is 12.9. The molecule has 23 heavy (non-hydrogen) atoms. The second kappa shape index (κ2) is 6.83. The van der Waals surface area contributed by atoms with Crippen LogP contribution in [0.25, 0.3) is 0 Å². The van der Waals surface area contributed by atoms with Gasteiger partial charge in [-0.3, -0.25) is 0 Å². The number of rotatable bonds is 5. The average molecular weight is 320 g/mol. The summed E-state index contributed by atoms with van der Waals surface area (Å²) >= 11 is 0. The normalized spacial score (nSPS) is 13.4. The first kappa shape index (κ1) is 17.0. The summed E-state index contributed by atoms with van der Waals surface area (Å²) in [5.41, 5.74) is 0.149. The van der Waals surface area contributed by atoms with Gasteiger partial charge in [-0.25, -0.2) is 9.18 Å². The summed E-state index contributed by atoms with van der Waals surface area (Å²) in [5, 5.41) is 15.7. The molecule has 0 spiro atoms. The second-order valence-corrected chi connectivity index (χ2v) is 5.76. The van der Waals surface area contributed by atoms with Crippen molar-refractivity contribution < 1.29 is 18.7 Å². The van der Waals surface area contributed by atoms with E-state index in [2.05, 4.69) is 10.6 Å². The highest BCUT2D eigenvalue weighted by Crippen LogP contribution is 2.19. The van der Waals surface area contributed by atoms with Crippen LogP contribution in [0.4, 0.5) is 9.18 Å². The molecule has 6 heteroatoms. The number of carbonyl (C=O) groups excluding carboxylic acids is 1. The van der Waals surface area contributed by atoms with Crippen LogP contribution in [0.3, 0.4) is 0 Å². The fourth-order valence-electron chi connectivity index (χ4n) is 2.26. The van der Waals surface area contributed by atoms with E-state index in [1.165, 1.54) is 24.3 Å². The van der Waals surface area contributed by atoms with Crippen LogP contribution in [-0.2, 0) is 12.1 Å². The predicted octanol–water partition coefficient (Wildman–Crippen LogP) is 2.74. The number of halogens is 1. The highest BCUT2D eigenvalue weighted by atomic mass is 19.1. The lowest BCUT2D eigenvalue weighted by Crippen LogP contribution is -2.43. The van der Waals surface area contributed by atoms with Crippen LogP contribution in [0.5, 0.6) is 0 Å². The molecule has 1 atom stereocenters. The Morgan fingerprint density at radius 3 is 2.48 bits per heavy atom. The van der Waals surface area contributed by atoms with E-state index in [4.69, 9.17) is 4.42 Å². The Kier molecular flexibility index (Phi) is 5.05. The molecule has 0 aliphatic heterocycles. The number of nitrogens with one attached hydrogen (secondary N) is 2. The van der Waals surface area contributed by atoms with Gasteiger partial charge in [0, 0.05) is 12.1 Å². The first-order valence-corrected chi connectivity index (χ1v) is 7.34. The molecule has 2 amide bonds. The number of furan rings is 1. The largest absolute Gasteiger partial charge is 0.466 e. The summed E-state index contributed by atoms with van der Waals surface area (Å²) in [4.78, 5) is 11.8. The number of amides is 2. The van der Waals surface area contributed by atoms with Crippen LogP contribution in [0.2, 0.25) is 0 Å². The summed E-state index contributed by atoms with van der Waals surface area (Å²) in [6.07, 6.45) is 0. The van der Waals surface area contributed by atoms with Crippen molar-refractivity contribution in [1.82, 2.24) is 10.6 Å². The Morgan fingerprint density at radius 2 is 1.91 bits per heavy atom. The Labute approximate surface area is 134 Å². The van der Waals surface area contributed by atoms with Crippen molar-refractivity contribution >= 4 is 6.03 Å². The number of urea groups is 1. The van der Waals surface area contributed by atoms with E-state index in [1.807, 2.05) is 19.9 Å². The van der Waals surface area contributed by atoms with Crippen molar-refractivity contribution in [3.63, 3.8) is 0 Å². The third-order valence-corrected chi connectivity index (χ3v) is 3.64. The molecular formula is C17H21FN2O3. The van der Waals surface area contributed by atoms with Crippen molar-refractivity contribution in [2.45, 2.75) is 32.9 Å². The standard InChI is InChI=1S/C17H21FN2O3/c1-11-8-13(12(2)23-11)9-19-16(21)20-10-17(3,22)14-4-6-15(18)7-5-14/h4-8,22H,9-10H2,1-3H3,(H2,19,20,21). The van der Waals surface area contributed by atoms with Gasteiger partial charge in [-0.15, -0.1) is 0 Å². The number of carbonyl (C=O) groups is 1. The van der Waals surface area contributed by atoms with Gasteiger partial charge in [-0.1, -0.05) is 12.1 Å². The predicted molar refractivity (Wildman–Crippen MR) is 84.4 cm³/mol. The van der Waals surface area contributed by atoms with Crippen molar-refractivity contribution in [2.24, 2.45) is 0 Å². The highest BCUT2D eigenvalue weighted by molar-refractivity contribution is 5.74. The number of aliphatic hydroxyl groups is 1. The number of hydrogen-bond acceptors (Lipinski definition) is 3. The maximum Gasteiger partial charge on any atom is 0.315 e. The van der Waals surface area contributed by atoms with Crippen LogP contribution in [0.15, 0.2) is 34.7 Å². The van der Waals surface area contributed by atoms with Gasteiger partial charge in [-0.05, 0) is 44.5 Å². The van der Waals surface area contributed by atoms with E-state index in [9.17, 15) is 14.3 Å². The summed E-state index contributed by atoms with van der Waals surface area (Å²) in [7, 11) is 0. The molecule has 2 aromatic rings. The van der Waals surface area contributed by atoms with Crippen molar-refractivity contribution in [3.05, 3.63) is 58.8 Å². The number of aryl methyl sites for hydroxylation is 2. The molecule has 0 fully saturated rings. The Bertz CT molecular complexity index is 678. The van der Waals surface area contributed by atoms with Gasteiger partial charge in [0.25, 0.3) is 0 Å². The van der Waals surface area contributed by atoms with E-state index >= 15 is 0 Å². The fourth-order valence-corrected chi connectivity index (χ4v) is 2.26. The quantitative estimate of drug-likeness (QED) is 0.793. The zero-order valence-corrected chi connectivity index (χ0v) is 13.4. The Morgan fingerprint density at radius 1 is 1.26 bits per heavy atom. The summed E-state index contributed by atoms with van der Waals surface area (Å²) in [5.74, 6) is 1.18. The third kappa shape index (κ3) is 4.56. The molecule has 2 rings (SSSR count). The molecule has 0 saturated heterocycles. The SMILES string of the molecule is Cc1cc(CNC(=O)NCC(C)(O)c2ccc(F)cc2)c(C)o1. The van der Waals surface area contributed by atoms with Gasteiger partial charge in [-0.2, -0.15) is 0 Å². The van der Waals surface area contributed by atoms with E-state index in [0.29, 0.717) is 12.1 Å². The minimum absolute atomic E-state index is 0.00780. The lowest BCUT2D eigenvalue weighted by molar-refractivity contribution is 0.0593. The van der Waals surface area contributed by atoms with E-state index in [0.717, 1.165) is 17.1 Å². The molecule has 124 valence electrons. The van der Waals surface area contributed by atoms with Gasteiger partial charge < -0.3 is 20.2 Å². The topological polar surface area (TPSA) is 74.5 Å². The molecule has 1 unspecified atom stereocenters. The van der Waals surface area contributed by atoms with Gasteiger partial charge in [0.05, 0.1) is 6.54 Å². The molecule has 0 saturated carbocycles. The first-order chi connectivity index (χ1) is 10.8. The smallest absolute Gasteiger partial charge is 0.315 e. The lowest BCUT2D eigenvalue weighted by Gasteiger charge is -2.24. The molecule has 0 bridgehead atoms. The van der Waals surface area contributed by atoms with Crippen molar-refractivity contribution in [1.29, 1.82) is 0 Å².